The van der Waals surface area contributed by atoms with Gasteiger partial charge < -0.3 is 9.42 Å². The van der Waals surface area contributed by atoms with Crippen LogP contribution in [0.25, 0.3) is 11.4 Å². The van der Waals surface area contributed by atoms with Crippen LogP contribution in [-0.2, 0) is 11.3 Å². The van der Waals surface area contributed by atoms with Crippen LogP contribution < -0.4 is 0 Å². The van der Waals surface area contributed by atoms with E-state index in [1.54, 1.807) is 12.1 Å². The van der Waals surface area contributed by atoms with Crippen LogP contribution in [0.1, 0.15) is 30.3 Å². The summed E-state index contributed by atoms with van der Waals surface area (Å²) in [6.07, 6.45) is 1.16. The van der Waals surface area contributed by atoms with Crippen LogP contribution in [0.4, 0.5) is 0 Å². The predicted molar refractivity (Wildman–Crippen MR) is 101 cm³/mol. The molecular formula is C19H15BrClN3O2. The lowest BCUT2D eigenvalue weighted by atomic mass is 10.2. The third-order valence-electron chi connectivity index (χ3n) is 4.42. The van der Waals surface area contributed by atoms with Gasteiger partial charge in [0.1, 0.15) is 6.04 Å². The summed E-state index contributed by atoms with van der Waals surface area (Å²) in [6, 6.07) is 15.0. The van der Waals surface area contributed by atoms with E-state index in [9.17, 15) is 4.79 Å². The van der Waals surface area contributed by atoms with Crippen LogP contribution in [-0.4, -0.2) is 20.9 Å². The number of carbonyl (C=O) groups excluding carboxylic acids is 1. The number of benzene rings is 2. The first-order valence-electron chi connectivity index (χ1n) is 8.23. The van der Waals surface area contributed by atoms with Gasteiger partial charge in [0.25, 0.3) is 0 Å². The first kappa shape index (κ1) is 17.2. The van der Waals surface area contributed by atoms with Crippen LogP contribution in [0.2, 0.25) is 5.02 Å². The lowest BCUT2D eigenvalue weighted by molar-refractivity contribution is -0.129. The van der Waals surface area contributed by atoms with E-state index in [0.29, 0.717) is 36.1 Å². The molecule has 5 nitrogen and oxygen atoms in total. The molecule has 0 radical (unpaired) electrons. The topological polar surface area (TPSA) is 59.2 Å². The van der Waals surface area contributed by atoms with Gasteiger partial charge in [0.05, 0.1) is 0 Å². The van der Waals surface area contributed by atoms with Crippen molar-refractivity contribution in [3.05, 3.63) is 69.5 Å². The molecule has 0 bridgehead atoms. The zero-order valence-electron chi connectivity index (χ0n) is 13.7. The first-order valence-corrected chi connectivity index (χ1v) is 9.41. The summed E-state index contributed by atoms with van der Waals surface area (Å²) in [7, 11) is 0. The SMILES string of the molecule is O=C1CCC(c2nc(-c3ccc(Cl)cc3)no2)N1Cc1ccc(Br)cc1. The Balaban J connectivity index is 1.57. The molecule has 7 heteroatoms. The Labute approximate surface area is 164 Å². The second-order valence-electron chi connectivity index (χ2n) is 6.17. The van der Waals surface area contributed by atoms with Crippen molar-refractivity contribution in [1.82, 2.24) is 15.0 Å². The third kappa shape index (κ3) is 3.52. The average molecular weight is 433 g/mol. The van der Waals surface area contributed by atoms with Gasteiger partial charge in [-0.15, -0.1) is 0 Å². The molecule has 4 rings (SSSR count). The number of amides is 1. The summed E-state index contributed by atoms with van der Waals surface area (Å²) in [5.74, 6) is 1.07. The largest absolute Gasteiger partial charge is 0.337 e. The fraction of sp³-hybridized carbons (Fsp3) is 0.211. The normalized spacial score (nSPS) is 17.1. The van der Waals surface area contributed by atoms with Crippen molar-refractivity contribution in [3.63, 3.8) is 0 Å². The quantitative estimate of drug-likeness (QED) is 0.581. The number of nitrogens with zero attached hydrogens (tertiary/aromatic N) is 3. The molecule has 1 aromatic heterocycles. The number of aromatic nitrogens is 2. The van der Waals surface area contributed by atoms with Gasteiger partial charge in [-0.25, -0.2) is 0 Å². The van der Waals surface area contributed by atoms with Crippen molar-refractivity contribution >= 4 is 33.4 Å². The monoisotopic (exact) mass is 431 g/mol. The molecule has 1 fully saturated rings. The van der Waals surface area contributed by atoms with Crippen molar-refractivity contribution in [2.24, 2.45) is 0 Å². The number of likely N-dealkylation sites (tertiary alicyclic amines) is 1. The first-order chi connectivity index (χ1) is 12.6. The Morgan fingerprint density at radius 2 is 1.88 bits per heavy atom. The lowest BCUT2D eigenvalue weighted by Gasteiger charge is -2.22. The zero-order valence-corrected chi connectivity index (χ0v) is 16.1. The lowest BCUT2D eigenvalue weighted by Crippen LogP contribution is -2.27. The second kappa shape index (κ2) is 7.21. The molecule has 0 spiro atoms. The molecular weight excluding hydrogens is 418 g/mol. The van der Waals surface area contributed by atoms with Crippen LogP contribution >= 0.6 is 27.5 Å². The smallest absolute Gasteiger partial charge is 0.249 e. The summed E-state index contributed by atoms with van der Waals surface area (Å²) in [4.78, 5) is 18.7. The maximum atomic E-state index is 12.4. The third-order valence-corrected chi connectivity index (χ3v) is 5.20. The minimum Gasteiger partial charge on any atom is -0.337 e. The average Bonchev–Trinajstić information content (AvgIpc) is 3.25. The van der Waals surface area contributed by atoms with Gasteiger partial charge in [0, 0.05) is 28.0 Å². The molecule has 0 saturated carbocycles. The Morgan fingerprint density at radius 3 is 2.62 bits per heavy atom. The van der Waals surface area contributed by atoms with E-state index in [2.05, 4.69) is 26.1 Å². The second-order valence-corrected chi connectivity index (χ2v) is 7.52. The van der Waals surface area contributed by atoms with Gasteiger partial charge >= 0.3 is 0 Å². The molecule has 1 aliphatic heterocycles. The van der Waals surface area contributed by atoms with Crippen molar-refractivity contribution in [2.75, 3.05) is 0 Å². The maximum Gasteiger partial charge on any atom is 0.249 e. The van der Waals surface area contributed by atoms with Crippen molar-refractivity contribution in [2.45, 2.75) is 25.4 Å². The minimum atomic E-state index is -0.195. The molecule has 3 aromatic rings. The van der Waals surface area contributed by atoms with Crippen LogP contribution in [0.5, 0.6) is 0 Å². The molecule has 2 heterocycles. The van der Waals surface area contributed by atoms with Gasteiger partial charge in [-0.2, -0.15) is 4.98 Å². The predicted octanol–water partition coefficient (Wildman–Crippen LogP) is 5.02. The summed E-state index contributed by atoms with van der Waals surface area (Å²) in [5.41, 5.74) is 1.89. The van der Waals surface area contributed by atoms with Crippen molar-refractivity contribution in [1.29, 1.82) is 0 Å². The van der Waals surface area contributed by atoms with Crippen molar-refractivity contribution in [3.8, 4) is 11.4 Å². The fourth-order valence-corrected chi connectivity index (χ4v) is 3.45. The van der Waals surface area contributed by atoms with Crippen LogP contribution in [0, 0.1) is 0 Å². The summed E-state index contributed by atoms with van der Waals surface area (Å²) >= 11 is 9.34. The number of carbonyl (C=O) groups is 1. The minimum absolute atomic E-state index is 0.101. The van der Waals surface area contributed by atoms with Gasteiger partial charge in [-0.05, 0) is 48.4 Å². The molecule has 1 atom stereocenters. The summed E-state index contributed by atoms with van der Waals surface area (Å²) < 4.78 is 6.48. The van der Waals surface area contributed by atoms with E-state index >= 15 is 0 Å². The molecule has 1 amide bonds. The number of hydrogen-bond donors (Lipinski definition) is 0. The van der Waals surface area contributed by atoms with E-state index in [1.165, 1.54) is 0 Å². The Bertz CT molecular complexity index is 925. The van der Waals surface area contributed by atoms with E-state index in [0.717, 1.165) is 15.6 Å². The molecule has 1 saturated heterocycles. The Morgan fingerprint density at radius 1 is 1.15 bits per heavy atom. The number of rotatable bonds is 4. The highest BCUT2D eigenvalue weighted by atomic mass is 79.9. The molecule has 26 heavy (non-hydrogen) atoms. The van der Waals surface area contributed by atoms with Gasteiger partial charge in [0.2, 0.25) is 17.6 Å². The zero-order chi connectivity index (χ0) is 18.1. The highest BCUT2D eigenvalue weighted by molar-refractivity contribution is 9.10. The van der Waals surface area contributed by atoms with Crippen LogP contribution in [0.15, 0.2) is 57.5 Å². The van der Waals surface area contributed by atoms with Gasteiger partial charge in [-0.3, -0.25) is 4.79 Å². The Hall–Kier alpha value is -2.18. The molecule has 0 N–H and O–H groups in total. The standard InChI is InChI=1S/C19H15BrClN3O2/c20-14-5-1-12(2-6-14)11-24-16(9-10-17(24)25)19-22-18(23-26-19)13-3-7-15(21)8-4-13/h1-8,16H,9-11H2. The van der Waals surface area contributed by atoms with E-state index in [4.69, 9.17) is 16.1 Å². The van der Waals surface area contributed by atoms with Crippen molar-refractivity contribution < 1.29 is 9.32 Å². The van der Waals surface area contributed by atoms with Gasteiger partial charge in [0.15, 0.2) is 0 Å². The molecule has 132 valence electrons. The highest BCUT2D eigenvalue weighted by Crippen LogP contribution is 2.34. The van der Waals surface area contributed by atoms with E-state index in [1.807, 2.05) is 41.3 Å². The molecule has 1 aliphatic rings. The number of hydrogen-bond acceptors (Lipinski definition) is 4. The fourth-order valence-electron chi connectivity index (χ4n) is 3.06. The van der Waals surface area contributed by atoms with E-state index in [-0.39, 0.29) is 11.9 Å². The highest BCUT2D eigenvalue weighted by Gasteiger charge is 2.36. The summed E-state index contributed by atoms with van der Waals surface area (Å²) in [5, 5.41) is 4.72. The maximum absolute atomic E-state index is 12.4. The number of halogens is 2. The molecule has 1 unspecified atom stereocenters. The molecule has 0 aliphatic carbocycles. The van der Waals surface area contributed by atoms with E-state index < -0.39 is 0 Å². The summed E-state index contributed by atoms with van der Waals surface area (Å²) in [6.45, 7) is 0.523. The van der Waals surface area contributed by atoms with Crippen LogP contribution in [0.3, 0.4) is 0 Å². The Kier molecular flexibility index (Phi) is 4.78. The van der Waals surface area contributed by atoms with Gasteiger partial charge in [-0.1, -0.05) is 44.8 Å². The molecule has 2 aromatic carbocycles.